The smallest absolute Gasteiger partial charge is 0.211 e. The van der Waals surface area contributed by atoms with Crippen LogP contribution in [0.15, 0.2) is 54.6 Å². The number of hydrogen-bond donors (Lipinski definition) is 1. The molecule has 0 radical (unpaired) electrons. The van der Waals surface area contributed by atoms with Crippen molar-refractivity contribution in [2.75, 3.05) is 10.2 Å². The Bertz CT molecular complexity index is 520. The van der Waals surface area contributed by atoms with Crippen molar-refractivity contribution in [3.05, 3.63) is 54.6 Å². The lowest BCUT2D eigenvalue weighted by Crippen LogP contribution is -2.25. The predicted molar refractivity (Wildman–Crippen MR) is 79.8 cm³/mol. The number of para-hydroxylation sites is 1. The zero-order valence-electron chi connectivity index (χ0n) is 11.2. The Morgan fingerprint density at radius 3 is 2.05 bits per heavy atom. The molecule has 0 bridgehead atoms. The highest BCUT2D eigenvalue weighted by Crippen LogP contribution is 2.28. The van der Waals surface area contributed by atoms with E-state index in [2.05, 4.69) is 36.2 Å². The zero-order valence-corrected chi connectivity index (χ0v) is 11.2. The van der Waals surface area contributed by atoms with E-state index in [9.17, 15) is 4.79 Å². The number of carbonyl (C=O) groups is 1. The molecule has 19 heavy (non-hydrogen) atoms. The first-order valence-electron chi connectivity index (χ1n) is 6.37. The Hall–Kier alpha value is -2.29. The Morgan fingerprint density at radius 1 is 0.947 bits per heavy atom. The van der Waals surface area contributed by atoms with Gasteiger partial charge in [-0.05, 0) is 50.2 Å². The first kappa shape index (κ1) is 13.1. The van der Waals surface area contributed by atoms with E-state index >= 15 is 0 Å². The van der Waals surface area contributed by atoms with Gasteiger partial charge in [0.25, 0.3) is 0 Å². The Morgan fingerprint density at radius 2 is 1.53 bits per heavy atom. The van der Waals surface area contributed by atoms with Gasteiger partial charge in [-0.1, -0.05) is 18.2 Å². The van der Waals surface area contributed by atoms with E-state index in [1.54, 1.807) is 0 Å². The van der Waals surface area contributed by atoms with Crippen molar-refractivity contribution in [2.24, 2.45) is 0 Å². The van der Waals surface area contributed by atoms with Crippen LogP contribution >= 0.6 is 0 Å². The van der Waals surface area contributed by atoms with Crippen LogP contribution in [-0.2, 0) is 4.79 Å². The Balaban J connectivity index is 2.32. The summed E-state index contributed by atoms with van der Waals surface area (Å²) in [4.78, 5) is 12.7. The molecule has 0 saturated carbocycles. The highest BCUT2D eigenvalue weighted by molar-refractivity contribution is 5.73. The highest BCUT2D eigenvalue weighted by Gasteiger charge is 2.12. The maximum absolute atomic E-state index is 10.4. The molecule has 1 amide bonds. The molecule has 0 aliphatic carbocycles. The van der Waals surface area contributed by atoms with Crippen LogP contribution in [0.25, 0.3) is 0 Å². The summed E-state index contributed by atoms with van der Waals surface area (Å²) in [7, 11) is 0. The van der Waals surface area contributed by atoms with Gasteiger partial charge in [0.15, 0.2) is 0 Å². The first-order valence-corrected chi connectivity index (χ1v) is 6.37. The maximum Gasteiger partial charge on any atom is 0.211 e. The van der Waals surface area contributed by atoms with E-state index in [-0.39, 0.29) is 0 Å². The zero-order chi connectivity index (χ0) is 13.7. The van der Waals surface area contributed by atoms with Gasteiger partial charge in [0.05, 0.1) is 0 Å². The molecule has 0 aliphatic heterocycles. The molecule has 0 aliphatic rings. The summed E-state index contributed by atoms with van der Waals surface area (Å²) in [6, 6.07) is 18.5. The predicted octanol–water partition coefficient (Wildman–Crippen LogP) is 3.80. The van der Waals surface area contributed by atoms with Crippen molar-refractivity contribution in [3.63, 3.8) is 0 Å². The molecule has 2 aromatic rings. The summed E-state index contributed by atoms with van der Waals surface area (Å²) in [6.45, 7) is 4.31. The molecule has 0 fully saturated rings. The van der Waals surface area contributed by atoms with E-state index in [0.29, 0.717) is 12.5 Å². The molecular formula is C16H18N2O. The topological polar surface area (TPSA) is 32.3 Å². The van der Waals surface area contributed by atoms with E-state index in [0.717, 1.165) is 17.1 Å². The van der Waals surface area contributed by atoms with E-state index in [4.69, 9.17) is 0 Å². The largest absolute Gasteiger partial charge is 0.339 e. The molecule has 98 valence electrons. The lowest BCUT2D eigenvalue weighted by atomic mass is 10.2. The molecular weight excluding hydrogens is 236 g/mol. The molecule has 0 unspecified atom stereocenters. The van der Waals surface area contributed by atoms with Crippen molar-refractivity contribution in [1.82, 2.24) is 0 Å². The fourth-order valence-electron chi connectivity index (χ4n) is 2.12. The van der Waals surface area contributed by atoms with Gasteiger partial charge in [-0.2, -0.15) is 0 Å². The Labute approximate surface area is 113 Å². The van der Waals surface area contributed by atoms with Crippen LogP contribution in [0.2, 0.25) is 0 Å². The minimum Gasteiger partial charge on any atom is -0.339 e. The van der Waals surface area contributed by atoms with Crippen LogP contribution in [0, 0.1) is 0 Å². The summed E-state index contributed by atoms with van der Waals surface area (Å²) >= 11 is 0. The van der Waals surface area contributed by atoms with Crippen molar-refractivity contribution in [3.8, 4) is 0 Å². The minimum atomic E-state index is 0.354. The van der Waals surface area contributed by atoms with Crippen LogP contribution in [0.3, 0.4) is 0 Å². The molecule has 2 rings (SSSR count). The number of benzene rings is 2. The maximum atomic E-state index is 10.4. The average Bonchev–Trinajstić information content (AvgIpc) is 2.42. The molecule has 3 nitrogen and oxygen atoms in total. The van der Waals surface area contributed by atoms with Crippen molar-refractivity contribution in [2.45, 2.75) is 19.9 Å². The third-order valence-electron chi connectivity index (χ3n) is 2.92. The average molecular weight is 254 g/mol. The van der Waals surface area contributed by atoms with Gasteiger partial charge in [0.2, 0.25) is 6.41 Å². The van der Waals surface area contributed by atoms with Gasteiger partial charge in [0, 0.05) is 23.1 Å². The third-order valence-corrected chi connectivity index (χ3v) is 2.92. The van der Waals surface area contributed by atoms with Gasteiger partial charge < -0.3 is 10.2 Å². The number of rotatable bonds is 5. The lowest BCUT2D eigenvalue weighted by Gasteiger charge is -2.29. The van der Waals surface area contributed by atoms with Crippen LogP contribution < -0.4 is 10.2 Å². The van der Waals surface area contributed by atoms with Crippen molar-refractivity contribution >= 4 is 23.5 Å². The lowest BCUT2D eigenvalue weighted by molar-refractivity contribution is -0.105. The summed E-state index contributed by atoms with van der Waals surface area (Å²) in [5.74, 6) is 0. The molecule has 0 saturated heterocycles. The monoisotopic (exact) mass is 254 g/mol. The fraction of sp³-hybridized carbons (Fsp3) is 0.188. The number of anilines is 3. The second kappa shape index (κ2) is 6.05. The van der Waals surface area contributed by atoms with Gasteiger partial charge in [-0.25, -0.2) is 0 Å². The Kier molecular flexibility index (Phi) is 4.18. The molecule has 0 atom stereocenters. The highest BCUT2D eigenvalue weighted by atomic mass is 16.1. The third kappa shape index (κ3) is 3.13. The molecule has 0 spiro atoms. The number of nitrogens with zero attached hydrogens (tertiary/aromatic N) is 1. The van der Waals surface area contributed by atoms with Crippen molar-refractivity contribution in [1.29, 1.82) is 0 Å². The van der Waals surface area contributed by atoms with Crippen LogP contribution in [-0.4, -0.2) is 12.5 Å². The van der Waals surface area contributed by atoms with E-state index in [1.807, 2.05) is 42.5 Å². The SMILES string of the molecule is CC(C)N(c1ccccc1)c1ccc(NC=O)cc1. The summed E-state index contributed by atoms with van der Waals surface area (Å²) in [6.07, 6.45) is 0.687. The summed E-state index contributed by atoms with van der Waals surface area (Å²) in [5, 5.41) is 2.64. The summed E-state index contributed by atoms with van der Waals surface area (Å²) < 4.78 is 0. The van der Waals surface area contributed by atoms with Crippen molar-refractivity contribution < 1.29 is 4.79 Å². The standard InChI is InChI=1S/C16H18N2O/c1-13(2)18(15-6-4-3-5-7-15)16-10-8-14(9-11-16)17-12-19/h3-13H,1-2H3,(H,17,19). The summed E-state index contributed by atoms with van der Waals surface area (Å²) in [5.41, 5.74) is 3.07. The number of nitrogens with one attached hydrogen (secondary N) is 1. The van der Waals surface area contributed by atoms with E-state index < -0.39 is 0 Å². The van der Waals surface area contributed by atoms with Gasteiger partial charge in [-0.3, -0.25) is 4.79 Å². The molecule has 0 aromatic heterocycles. The second-order valence-corrected chi connectivity index (χ2v) is 4.61. The fourth-order valence-corrected chi connectivity index (χ4v) is 2.12. The minimum absolute atomic E-state index is 0.354. The van der Waals surface area contributed by atoms with Gasteiger partial charge in [-0.15, -0.1) is 0 Å². The normalized spacial score (nSPS) is 10.3. The van der Waals surface area contributed by atoms with Crippen LogP contribution in [0.4, 0.5) is 17.1 Å². The van der Waals surface area contributed by atoms with Gasteiger partial charge in [0.1, 0.15) is 0 Å². The number of hydrogen-bond acceptors (Lipinski definition) is 2. The molecule has 1 N–H and O–H groups in total. The van der Waals surface area contributed by atoms with Crippen LogP contribution in [0.1, 0.15) is 13.8 Å². The second-order valence-electron chi connectivity index (χ2n) is 4.61. The first-order chi connectivity index (χ1) is 9.22. The molecule has 3 heteroatoms. The van der Waals surface area contributed by atoms with E-state index in [1.165, 1.54) is 0 Å². The number of carbonyl (C=O) groups excluding carboxylic acids is 1. The molecule has 2 aromatic carbocycles. The van der Waals surface area contributed by atoms with Gasteiger partial charge >= 0.3 is 0 Å². The van der Waals surface area contributed by atoms with Crippen LogP contribution in [0.5, 0.6) is 0 Å². The molecule has 0 heterocycles. The quantitative estimate of drug-likeness (QED) is 0.823. The number of amides is 1.